The highest BCUT2D eigenvalue weighted by molar-refractivity contribution is 5.96. The van der Waals surface area contributed by atoms with Gasteiger partial charge in [-0.3, -0.25) is 4.79 Å². The normalized spacial score (nSPS) is 14.8. The Morgan fingerprint density at radius 1 is 1.06 bits per heavy atom. The Balaban J connectivity index is 2.26. The van der Waals surface area contributed by atoms with E-state index in [1.807, 2.05) is 37.2 Å². The highest BCUT2D eigenvalue weighted by Crippen LogP contribution is 2.21. The van der Waals surface area contributed by atoms with E-state index in [4.69, 9.17) is 0 Å². The summed E-state index contributed by atoms with van der Waals surface area (Å²) in [5.41, 5.74) is 2.67. The third-order valence-corrected chi connectivity index (χ3v) is 3.15. The Morgan fingerprint density at radius 3 is 2.06 bits per heavy atom. The fraction of sp³-hybridized carbons (Fsp3) is 0.462. The minimum absolute atomic E-state index is 0.135. The summed E-state index contributed by atoms with van der Waals surface area (Å²) in [6.07, 6.45) is 2.24. The minimum Gasteiger partial charge on any atom is -0.388 e. The van der Waals surface area contributed by atoms with Crippen LogP contribution in [0.25, 0.3) is 0 Å². The van der Waals surface area contributed by atoms with Gasteiger partial charge < -0.3 is 15.5 Å². The number of hydrogen-bond acceptors (Lipinski definition) is 3. The number of likely N-dealkylation sites (tertiary alicyclic amines) is 1. The van der Waals surface area contributed by atoms with E-state index in [1.54, 1.807) is 0 Å². The lowest BCUT2D eigenvalue weighted by Crippen LogP contribution is -2.27. The maximum Gasteiger partial charge on any atom is 0.254 e. The third kappa shape index (κ3) is 2.52. The maximum absolute atomic E-state index is 12.3. The Kier molecular flexibility index (Phi) is 3.52. The number of amides is 1. The molecular formula is C13H19N3O. The molecule has 2 N–H and O–H groups in total. The molecule has 4 heteroatoms. The van der Waals surface area contributed by atoms with Gasteiger partial charge in [-0.15, -0.1) is 0 Å². The SMILES string of the molecule is CNc1cc(NC)cc(C(=O)N2CCCC2)c1. The zero-order chi connectivity index (χ0) is 12.3. The molecule has 1 aromatic carbocycles. The van der Waals surface area contributed by atoms with Crippen LogP contribution in [-0.4, -0.2) is 38.0 Å². The third-order valence-electron chi connectivity index (χ3n) is 3.15. The molecule has 0 radical (unpaired) electrons. The van der Waals surface area contributed by atoms with E-state index in [9.17, 15) is 4.79 Å². The second-order valence-corrected chi connectivity index (χ2v) is 4.30. The number of carbonyl (C=O) groups is 1. The molecule has 0 spiro atoms. The predicted molar refractivity (Wildman–Crippen MR) is 70.7 cm³/mol. The Bertz CT molecular complexity index is 389. The monoisotopic (exact) mass is 233 g/mol. The van der Waals surface area contributed by atoms with Crippen molar-refractivity contribution in [1.29, 1.82) is 0 Å². The highest BCUT2D eigenvalue weighted by Gasteiger charge is 2.20. The van der Waals surface area contributed by atoms with Crippen molar-refractivity contribution in [2.75, 3.05) is 37.8 Å². The average Bonchev–Trinajstić information content (AvgIpc) is 2.91. The second kappa shape index (κ2) is 5.08. The smallest absolute Gasteiger partial charge is 0.254 e. The largest absolute Gasteiger partial charge is 0.388 e. The van der Waals surface area contributed by atoms with Gasteiger partial charge in [0, 0.05) is 44.1 Å². The van der Waals surface area contributed by atoms with E-state index in [-0.39, 0.29) is 5.91 Å². The van der Waals surface area contributed by atoms with E-state index in [1.165, 1.54) is 0 Å². The van der Waals surface area contributed by atoms with Crippen LogP contribution < -0.4 is 10.6 Å². The minimum atomic E-state index is 0.135. The summed E-state index contributed by atoms with van der Waals surface area (Å²) in [5.74, 6) is 0.135. The van der Waals surface area contributed by atoms with Crippen molar-refractivity contribution in [3.05, 3.63) is 23.8 Å². The molecule has 1 aliphatic rings. The van der Waals surface area contributed by atoms with E-state index in [0.29, 0.717) is 0 Å². The van der Waals surface area contributed by atoms with Gasteiger partial charge in [-0.1, -0.05) is 0 Å². The van der Waals surface area contributed by atoms with Gasteiger partial charge in [0.1, 0.15) is 0 Å². The molecule has 92 valence electrons. The molecule has 17 heavy (non-hydrogen) atoms. The quantitative estimate of drug-likeness (QED) is 0.839. The van der Waals surface area contributed by atoms with Crippen LogP contribution in [-0.2, 0) is 0 Å². The molecule has 0 atom stereocenters. The first-order chi connectivity index (χ1) is 8.24. The van der Waals surface area contributed by atoms with Crippen molar-refractivity contribution >= 4 is 17.3 Å². The molecular weight excluding hydrogens is 214 g/mol. The lowest BCUT2D eigenvalue weighted by atomic mass is 10.1. The number of hydrogen-bond donors (Lipinski definition) is 2. The van der Waals surface area contributed by atoms with Crippen LogP contribution in [0.3, 0.4) is 0 Å². The lowest BCUT2D eigenvalue weighted by Gasteiger charge is -2.16. The lowest BCUT2D eigenvalue weighted by molar-refractivity contribution is 0.0793. The number of nitrogens with one attached hydrogen (secondary N) is 2. The second-order valence-electron chi connectivity index (χ2n) is 4.30. The molecule has 1 amide bonds. The zero-order valence-electron chi connectivity index (χ0n) is 10.4. The first-order valence-electron chi connectivity index (χ1n) is 6.04. The first kappa shape index (κ1) is 11.8. The Hall–Kier alpha value is -1.71. The number of carbonyl (C=O) groups excluding carboxylic acids is 1. The van der Waals surface area contributed by atoms with Crippen molar-refractivity contribution in [3.63, 3.8) is 0 Å². The molecule has 2 rings (SSSR count). The predicted octanol–water partition coefficient (Wildman–Crippen LogP) is 2.01. The van der Waals surface area contributed by atoms with Crippen molar-refractivity contribution in [3.8, 4) is 0 Å². The average molecular weight is 233 g/mol. The van der Waals surface area contributed by atoms with Crippen molar-refractivity contribution in [1.82, 2.24) is 4.90 Å². The van der Waals surface area contributed by atoms with Gasteiger partial charge >= 0.3 is 0 Å². The fourth-order valence-electron chi connectivity index (χ4n) is 2.14. The van der Waals surface area contributed by atoms with Crippen molar-refractivity contribution in [2.24, 2.45) is 0 Å². The molecule has 0 aliphatic carbocycles. The molecule has 0 aromatic heterocycles. The van der Waals surface area contributed by atoms with Gasteiger partial charge in [0.15, 0.2) is 0 Å². The fourth-order valence-corrected chi connectivity index (χ4v) is 2.14. The number of anilines is 2. The summed E-state index contributed by atoms with van der Waals surface area (Å²) in [5, 5.41) is 6.15. The van der Waals surface area contributed by atoms with Crippen LogP contribution in [0.2, 0.25) is 0 Å². The Morgan fingerprint density at radius 2 is 1.59 bits per heavy atom. The van der Waals surface area contributed by atoms with Gasteiger partial charge in [0.25, 0.3) is 5.91 Å². The molecule has 0 unspecified atom stereocenters. The molecule has 0 saturated carbocycles. The maximum atomic E-state index is 12.3. The van der Waals surface area contributed by atoms with E-state index >= 15 is 0 Å². The first-order valence-corrected chi connectivity index (χ1v) is 6.04. The summed E-state index contributed by atoms with van der Waals surface area (Å²) < 4.78 is 0. The van der Waals surface area contributed by atoms with E-state index < -0.39 is 0 Å². The summed E-state index contributed by atoms with van der Waals surface area (Å²) in [7, 11) is 3.72. The summed E-state index contributed by atoms with van der Waals surface area (Å²) in [6, 6.07) is 5.80. The van der Waals surface area contributed by atoms with Crippen LogP contribution in [0.1, 0.15) is 23.2 Å². The van der Waals surface area contributed by atoms with Crippen molar-refractivity contribution < 1.29 is 4.79 Å². The van der Waals surface area contributed by atoms with E-state index in [0.717, 1.165) is 42.9 Å². The van der Waals surface area contributed by atoms with Crippen molar-refractivity contribution in [2.45, 2.75) is 12.8 Å². The van der Waals surface area contributed by atoms with Gasteiger partial charge in [0.2, 0.25) is 0 Å². The van der Waals surface area contributed by atoms with Crippen LogP contribution in [0.4, 0.5) is 11.4 Å². The van der Waals surface area contributed by atoms with Crippen LogP contribution >= 0.6 is 0 Å². The van der Waals surface area contributed by atoms with Crippen LogP contribution in [0, 0.1) is 0 Å². The molecule has 1 aromatic rings. The summed E-state index contributed by atoms with van der Waals surface area (Å²) >= 11 is 0. The van der Waals surface area contributed by atoms with Gasteiger partial charge in [-0.05, 0) is 31.0 Å². The molecule has 1 saturated heterocycles. The summed E-state index contributed by atoms with van der Waals surface area (Å²) in [6.45, 7) is 1.77. The van der Waals surface area contributed by atoms with Gasteiger partial charge in [0.05, 0.1) is 0 Å². The molecule has 4 nitrogen and oxygen atoms in total. The molecule has 1 aliphatic heterocycles. The topological polar surface area (TPSA) is 44.4 Å². The molecule has 1 fully saturated rings. The summed E-state index contributed by atoms with van der Waals surface area (Å²) in [4.78, 5) is 14.2. The van der Waals surface area contributed by atoms with E-state index in [2.05, 4.69) is 10.6 Å². The van der Waals surface area contributed by atoms with Crippen LogP contribution in [0.5, 0.6) is 0 Å². The number of nitrogens with zero attached hydrogens (tertiary/aromatic N) is 1. The van der Waals surface area contributed by atoms with Gasteiger partial charge in [-0.2, -0.15) is 0 Å². The molecule has 0 bridgehead atoms. The van der Waals surface area contributed by atoms with Crippen LogP contribution in [0.15, 0.2) is 18.2 Å². The Labute approximate surface area is 102 Å². The number of rotatable bonds is 3. The molecule has 1 heterocycles. The van der Waals surface area contributed by atoms with Gasteiger partial charge in [-0.25, -0.2) is 0 Å². The highest BCUT2D eigenvalue weighted by atomic mass is 16.2. The number of benzene rings is 1. The standard InChI is InChI=1S/C13H19N3O/c1-14-11-7-10(8-12(9-11)15-2)13(17)16-5-3-4-6-16/h7-9,14-15H,3-6H2,1-2H3. The zero-order valence-corrected chi connectivity index (χ0v) is 10.4.